The molecular weight excluding hydrogens is 204 g/mol. The van der Waals surface area contributed by atoms with Crippen LogP contribution in [-0.4, -0.2) is 31.7 Å². The average molecular weight is 228 g/mol. The van der Waals surface area contributed by atoms with Gasteiger partial charge in [-0.1, -0.05) is 12.8 Å². The first kappa shape index (κ1) is 13.5. The molecule has 0 heterocycles. The van der Waals surface area contributed by atoms with Gasteiger partial charge in [0, 0.05) is 19.8 Å². The molecule has 94 valence electrons. The maximum absolute atomic E-state index is 11.7. The van der Waals surface area contributed by atoms with Gasteiger partial charge in [-0.25, -0.2) is 0 Å². The SMILES string of the molecule is COCCC(N)C(=O)N[C@@H](C)C1CCCC1. The summed E-state index contributed by atoms with van der Waals surface area (Å²) in [5.41, 5.74) is 5.76. The van der Waals surface area contributed by atoms with E-state index in [1.54, 1.807) is 7.11 Å². The van der Waals surface area contributed by atoms with Gasteiger partial charge in [-0.3, -0.25) is 4.79 Å². The molecule has 3 N–H and O–H groups in total. The molecule has 16 heavy (non-hydrogen) atoms. The summed E-state index contributed by atoms with van der Waals surface area (Å²) in [5.74, 6) is 0.593. The molecule has 1 rings (SSSR count). The van der Waals surface area contributed by atoms with Crippen LogP contribution >= 0.6 is 0 Å². The number of methoxy groups -OCH3 is 1. The van der Waals surface area contributed by atoms with Crippen molar-refractivity contribution in [2.45, 2.75) is 51.1 Å². The van der Waals surface area contributed by atoms with E-state index in [0.717, 1.165) is 0 Å². The lowest BCUT2D eigenvalue weighted by Crippen LogP contribution is -2.46. The third-order valence-corrected chi connectivity index (χ3v) is 3.45. The van der Waals surface area contributed by atoms with Crippen molar-refractivity contribution >= 4 is 5.91 Å². The molecule has 1 saturated carbocycles. The predicted molar refractivity (Wildman–Crippen MR) is 64.0 cm³/mol. The lowest BCUT2D eigenvalue weighted by atomic mass is 9.99. The summed E-state index contributed by atoms with van der Waals surface area (Å²) in [6.07, 6.45) is 5.63. The van der Waals surface area contributed by atoms with Crippen LogP contribution in [0.1, 0.15) is 39.0 Å². The number of hydrogen-bond donors (Lipinski definition) is 2. The normalized spacial score (nSPS) is 20.7. The highest BCUT2D eigenvalue weighted by atomic mass is 16.5. The van der Waals surface area contributed by atoms with E-state index in [0.29, 0.717) is 18.9 Å². The predicted octanol–water partition coefficient (Wildman–Crippen LogP) is 1.05. The van der Waals surface area contributed by atoms with Gasteiger partial charge in [0.15, 0.2) is 0 Å². The summed E-state index contributed by atoms with van der Waals surface area (Å²) in [4.78, 5) is 11.7. The number of ether oxygens (including phenoxy) is 1. The number of carbonyl (C=O) groups excluding carboxylic acids is 1. The number of rotatable bonds is 6. The summed E-state index contributed by atoms with van der Waals surface area (Å²) >= 11 is 0. The number of nitrogens with one attached hydrogen (secondary N) is 1. The van der Waals surface area contributed by atoms with Crippen molar-refractivity contribution in [2.24, 2.45) is 11.7 Å². The smallest absolute Gasteiger partial charge is 0.237 e. The molecule has 0 aromatic heterocycles. The van der Waals surface area contributed by atoms with Gasteiger partial charge in [0.1, 0.15) is 0 Å². The molecule has 4 heteroatoms. The minimum absolute atomic E-state index is 0.0450. The first-order valence-corrected chi connectivity index (χ1v) is 6.20. The van der Waals surface area contributed by atoms with E-state index < -0.39 is 6.04 Å². The summed E-state index contributed by atoms with van der Waals surface area (Å²) < 4.78 is 4.91. The van der Waals surface area contributed by atoms with Crippen molar-refractivity contribution in [1.29, 1.82) is 0 Å². The fraction of sp³-hybridized carbons (Fsp3) is 0.917. The summed E-state index contributed by atoms with van der Waals surface area (Å²) in [5, 5.41) is 3.01. The largest absolute Gasteiger partial charge is 0.385 e. The highest BCUT2D eigenvalue weighted by molar-refractivity contribution is 5.81. The second kappa shape index (κ2) is 6.86. The molecule has 0 bridgehead atoms. The van der Waals surface area contributed by atoms with Crippen LogP contribution in [0.5, 0.6) is 0 Å². The van der Waals surface area contributed by atoms with E-state index in [9.17, 15) is 4.79 Å². The Morgan fingerprint density at radius 3 is 2.69 bits per heavy atom. The lowest BCUT2D eigenvalue weighted by molar-refractivity contribution is -0.123. The Labute approximate surface area is 97.9 Å². The minimum atomic E-state index is -0.441. The average Bonchev–Trinajstić information content (AvgIpc) is 2.79. The van der Waals surface area contributed by atoms with Crippen LogP contribution in [0.25, 0.3) is 0 Å². The molecule has 1 amide bonds. The Bertz CT molecular complexity index is 215. The Balaban J connectivity index is 2.26. The highest BCUT2D eigenvalue weighted by Crippen LogP contribution is 2.27. The standard InChI is InChI=1S/C12H24N2O2/c1-9(10-5-3-4-6-10)14-12(15)11(13)7-8-16-2/h9-11H,3-8,13H2,1-2H3,(H,14,15)/t9-,11?/m0/s1. The maximum Gasteiger partial charge on any atom is 0.237 e. The van der Waals surface area contributed by atoms with Crippen LogP contribution in [0.15, 0.2) is 0 Å². The zero-order chi connectivity index (χ0) is 12.0. The fourth-order valence-electron chi connectivity index (χ4n) is 2.28. The molecule has 1 aliphatic carbocycles. The van der Waals surface area contributed by atoms with Gasteiger partial charge in [0.05, 0.1) is 6.04 Å². The minimum Gasteiger partial charge on any atom is -0.385 e. The highest BCUT2D eigenvalue weighted by Gasteiger charge is 2.24. The van der Waals surface area contributed by atoms with Gasteiger partial charge in [-0.2, -0.15) is 0 Å². The van der Waals surface area contributed by atoms with Crippen LogP contribution in [0.4, 0.5) is 0 Å². The molecule has 0 saturated heterocycles. The second-order valence-electron chi connectivity index (χ2n) is 4.73. The van der Waals surface area contributed by atoms with Crippen LogP contribution in [-0.2, 0) is 9.53 Å². The molecule has 0 aliphatic heterocycles. The van der Waals surface area contributed by atoms with Crippen molar-refractivity contribution in [1.82, 2.24) is 5.32 Å². The summed E-state index contributed by atoms with van der Waals surface area (Å²) in [6.45, 7) is 2.61. The first-order chi connectivity index (χ1) is 7.65. The van der Waals surface area contributed by atoms with E-state index in [4.69, 9.17) is 10.5 Å². The van der Waals surface area contributed by atoms with Crippen LogP contribution in [0.2, 0.25) is 0 Å². The summed E-state index contributed by atoms with van der Waals surface area (Å²) in [6, 6.07) is -0.188. The third-order valence-electron chi connectivity index (χ3n) is 3.45. The number of amides is 1. The monoisotopic (exact) mass is 228 g/mol. The van der Waals surface area contributed by atoms with Gasteiger partial charge < -0.3 is 15.8 Å². The van der Waals surface area contributed by atoms with Crippen molar-refractivity contribution in [3.63, 3.8) is 0 Å². The number of hydrogen-bond acceptors (Lipinski definition) is 3. The van der Waals surface area contributed by atoms with Gasteiger partial charge in [-0.05, 0) is 32.1 Å². The molecule has 1 unspecified atom stereocenters. The van der Waals surface area contributed by atoms with Gasteiger partial charge in [0.25, 0.3) is 0 Å². The van der Waals surface area contributed by atoms with Crippen LogP contribution < -0.4 is 11.1 Å². The summed E-state index contributed by atoms with van der Waals surface area (Å²) in [7, 11) is 1.62. The van der Waals surface area contributed by atoms with Gasteiger partial charge in [-0.15, -0.1) is 0 Å². The topological polar surface area (TPSA) is 64.3 Å². The lowest BCUT2D eigenvalue weighted by Gasteiger charge is -2.22. The van der Waals surface area contributed by atoms with Crippen LogP contribution in [0, 0.1) is 5.92 Å². The van der Waals surface area contributed by atoms with E-state index in [-0.39, 0.29) is 11.9 Å². The molecule has 1 aliphatic rings. The van der Waals surface area contributed by atoms with Crippen molar-refractivity contribution in [3.05, 3.63) is 0 Å². The maximum atomic E-state index is 11.7. The van der Waals surface area contributed by atoms with E-state index in [1.165, 1.54) is 25.7 Å². The van der Waals surface area contributed by atoms with Crippen molar-refractivity contribution in [3.8, 4) is 0 Å². The Morgan fingerprint density at radius 1 is 1.50 bits per heavy atom. The molecule has 1 fully saturated rings. The third kappa shape index (κ3) is 4.10. The number of carbonyl (C=O) groups is 1. The van der Waals surface area contributed by atoms with E-state index >= 15 is 0 Å². The molecule has 4 nitrogen and oxygen atoms in total. The first-order valence-electron chi connectivity index (χ1n) is 6.20. The van der Waals surface area contributed by atoms with Gasteiger partial charge in [0.2, 0.25) is 5.91 Å². The molecule has 2 atom stereocenters. The molecule has 0 aromatic carbocycles. The van der Waals surface area contributed by atoms with E-state index in [2.05, 4.69) is 12.2 Å². The van der Waals surface area contributed by atoms with Crippen molar-refractivity contribution < 1.29 is 9.53 Å². The van der Waals surface area contributed by atoms with Crippen LogP contribution in [0.3, 0.4) is 0 Å². The number of nitrogens with two attached hydrogens (primary N) is 1. The fourth-order valence-corrected chi connectivity index (χ4v) is 2.28. The van der Waals surface area contributed by atoms with Crippen molar-refractivity contribution in [2.75, 3.05) is 13.7 Å². The Morgan fingerprint density at radius 2 is 2.12 bits per heavy atom. The molecule has 0 radical (unpaired) electrons. The molecular formula is C12H24N2O2. The zero-order valence-electron chi connectivity index (χ0n) is 10.4. The molecule has 0 aromatic rings. The second-order valence-corrected chi connectivity index (χ2v) is 4.73. The van der Waals surface area contributed by atoms with E-state index in [1.807, 2.05) is 0 Å². The quantitative estimate of drug-likeness (QED) is 0.714. The Kier molecular flexibility index (Phi) is 5.77. The van der Waals surface area contributed by atoms with Gasteiger partial charge >= 0.3 is 0 Å². The zero-order valence-corrected chi connectivity index (χ0v) is 10.4. The Hall–Kier alpha value is -0.610. The molecule has 0 spiro atoms.